The van der Waals surface area contributed by atoms with Gasteiger partial charge in [-0.2, -0.15) is 0 Å². The van der Waals surface area contributed by atoms with Crippen molar-refractivity contribution < 1.29 is 19.1 Å². The van der Waals surface area contributed by atoms with E-state index in [4.69, 9.17) is 9.47 Å². The summed E-state index contributed by atoms with van der Waals surface area (Å²) < 4.78 is 11.1. The van der Waals surface area contributed by atoms with Crippen LogP contribution >= 0.6 is 11.8 Å². The molecule has 2 N–H and O–H groups in total. The molecule has 41 heavy (non-hydrogen) atoms. The van der Waals surface area contributed by atoms with Gasteiger partial charge in [0.2, 0.25) is 5.91 Å². The molecule has 0 aliphatic carbocycles. The lowest BCUT2D eigenvalue weighted by molar-refractivity contribution is -0.115. The van der Waals surface area contributed by atoms with E-state index in [9.17, 15) is 9.59 Å². The molecule has 0 radical (unpaired) electrons. The summed E-state index contributed by atoms with van der Waals surface area (Å²) in [6, 6.07) is 40.9. The van der Waals surface area contributed by atoms with Crippen LogP contribution in [0.1, 0.15) is 21.2 Å². The molecule has 5 rings (SSSR count). The van der Waals surface area contributed by atoms with Crippen LogP contribution in [0.15, 0.2) is 138 Å². The van der Waals surface area contributed by atoms with Crippen molar-refractivity contribution in [3.05, 3.63) is 145 Å². The zero-order valence-corrected chi connectivity index (χ0v) is 23.1. The third-order valence-electron chi connectivity index (χ3n) is 6.14. The number of thioether (sulfide) groups is 1. The van der Waals surface area contributed by atoms with Crippen LogP contribution in [0, 0.1) is 0 Å². The van der Waals surface area contributed by atoms with Crippen LogP contribution in [0.5, 0.6) is 17.2 Å². The largest absolute Gasteiger partial charge is 0.497 e. The Kier molecular flexibility index (Phi) is 8.98. The van der Waals surface area contributed by atoms with E-state index in [-0.39, 0.29) is 11.8 Å². The molecule has 0 aliphatic heterocycles. The van der Waals surface area contributed by atoms with E-state index in [0.29, 0.717) is 28.4 Å². The van der Waals surface area contributed by atoms with Crippen LogP contribution in [0.2, 0.25) is 0 Å². The number of para-hydroxylation sites is 1. The molecule has 6 nitrogen and oxygen atoms in total. The Morgan fingerprint density at radius 3 is 1.90 bits per heavy atom. The standard InChI is InChI=1S/C34H28N2O4S/c1-39-30-14-8-11-25(23-30)33(37)35-27-17-21-31(22-18-27)41-32(24-9-4-2-5-10-24)34(38)36-26-15-19-29(20-16-26)40-28-12-6-3-7-13-28/h2-23,32H,1H3,(H,35,37)(H,36,38). The van der Waals surface area contributed by atoms with Gasteiger partial charge in [0, 0.05) is 21.8 Å². The van der Waals surface area contributed by atoms with Crippen LogP contribution in [-0.4, -0.2) is 18.9 Å². The van der Waals surface area contributed by atoms with E-state index in [1.54, 1.807) is 31.4 Å². The van der Waals surface area contributed by atoms with Crippen molar-refractivity contribution in [1.82, 2.24) is 0 Å². The number of nitrogens with one attached hydrogen (secondary N) is 2. The van der Waals surface area contributed by atoms with Gasteiger partial charge in [-0.05, 0) is 84.4 Å². The Labute approximate surface area is 243 Å². The normalized spacial score (nSPS) is 11.2. The number of amides is 2. The molecule has 0 fully saturated rings. The van der Waals surface area contributed by atoms with E-state index in [2.05, 4.69) is 10.6 Å². The zero-order chi connectivity index (χ0) is 28.4. The first kappa shape index (κ1) is 27.6. The molecule has 0 aromatic heterocycles. The van der Waals surface area contributed by atoms with Crippen molar-refractivity contribution in [3.63, 3.8) is 0 Å². The first-order valence-electron chi connectivity index (χ1n) is 13.0. The second-order valence-electron chi connectivity index (χ2n) is 9.05. The van der Waals surface area contributed by atoms with Gasteiger partial charge < -0.3 is 20.1 Å². The highest BCUT2D eigenvalue weighted by Crippen LogP contribution is 2.37. The van der Waals surface area contributed by atoms with Gasteiger partial charge in [-0.1, -0.05) is 54.6 Å². The molecule has 0 heterocycles. The number of rotatable bonds is 10. The van der Waals surface area contributed by atoms with E-state index in [0.717, 1.165) is 16.2 Å². The molecule has 2 amide bonds. The summed E-state index contributed by atoms with van der Waals surface area (Å²) in [5.74, 6) is 1.67. The zero-order valence-electron chi connectivity index (χ0n) is 22.3. The van der Waals surface area contributed by atoms with Crippen LogP contribution in [0.4, 0.5) is 11.4 Å². The molecule has 0 bridgehead atoms. The number of hydrogen-bond donors (Lipinski definition) is 2. The first-order valence-corrected chi connectivity index (χ1v) is 13.9. The molecule has 204 valence electrons. The minimum Gasteiger partial charge on any atom is -0.497 e. The van der Waals surface area contributed by atoms with Gasteiger partial charge in [-0.15, -0.1) is 11.8 Å². The van der Waals surface area contributed by atoms with Gasteiger partial charge in [-0.3, -0.25) is 9.59 Å². The molecule has 1 atom stereocenters. The predicted molar refractivity (Wildman–Crippen MR) is 164 cm³/mol. The fraction of sp³-hybridized carbons (Fsp3) is 0.0588. The first-order chi connectivity index (χ1) is 20.1. The number of benzene rings is 5. The molecule has 7 heteroatoms. The lowest BCUT2D eigenvalue weighted by atomic mass is 10.1. The van der Waals surface area contributed by atoms with Crippen LogP contribution in [0.25, 0.3) is 0 Å². The van der Waals surface area contributed by atoms with Crippen molar-refractivity contribution in [2.24, 2.45) is 0 Å². The average Bonchev–Trinajstić information content (AvgIpc) is 3.02. The summed E-state index contributed by atoms with van der Waals surface area (Å²) in [4.78, 5) is 27.0. The predicted octanol–water partition coefficient (Wildman–Crippen LogP) is 8.21. The minimum atomic E-state index is -0.492. The topological polar surface area (TPSA) is 76.7 Å². The molecule has 5 aromatic carbocycles. The summed E-state index contributed by atoms with van der Waals surface area (Å²) in [7, 11) is 1.56. The molecule has 0 saturated heterocycles. The Balaban J connectivity index is 1.26. The Morgan fingerprint density at radius 1 is 0.634 bits per heavy atom. The smallest absolute Gasteiger partial charge is 0.255 e. The van der Waals surface area contributed by atoms with Crippen molar-refractivity contribution in [1.29, 1.82) is 0 Å². The molecule has 0 aliphatic rings. The number of methoxy groups -OCH3 is 1. The van der Waals surface area contributed by atoms with Crippen molar-refractivity contribution in [2.75, 3.05) is 17.7 Å². The van der Waals surface area contributed by atoms with Crippen LogP contribution in [0.3, 0.4) is 0 Å². The average molecular weight is 561 g/mol. The monoisotopic (exact) mass is 560 g/mol. The minimum absolute atomic E-state index is 0.145. The maximum atomic E-state index is 13.5. The highest BCUT2D eigenvalue weighted by molar-refractivity contribution is 8.00. The Hall–Kier alpha value is -5.01. The summed E-state index contributed by atoms with van der Waals surface area (Å²) in [6.07, 6.45) is 0. The molecular formula is C34H28N2O4S. The SMILES string of the molecule is COc1cccc(C(=O)Nc2ccc(SC(C(=O)Nc3ccc(Oc4ccccc4)cc3)c3ccccc3)cc2)c1. The maximum absolute atomic E-state index is 13.5. The van der Waals surface area contributed by atoms with Crippen molar-refractivity contribution in [2.45, 2.75) is 10.1 Å². The van der Waals surface area contributed by atoms with E-state index < -0.39 is 5.25 Å². The highest BCUT2D eigenvalue weighted by Gasteiger charge is 2.22. The highest BCUT2D eigenvalue weighted by atomic mass is 32.2. The van der Waals surface area contributed by atoms with Gasteiger partial charge >= 0.3 is 0 Å². The lowest BCUT2D eigenvalue weighted by Crippen LogP contribution is -2.19. The summed E-state index contributed by atoms with van der Waals surface area (Å²) in [5.41, 5.74) is 2.71. The molecule has 0 spiro atoms. The summed E-state index contributed by atoms with van der Waals surface area (Å²) in [6.45, 7) is 0. The summed E-state index contributed by atoms with van der Waals surface area (Å²) in [5, 5.41) is 5.45. The van der Waals surface area contributed by atoms with E-state index in [1.165, 1.54) is 11.8 Å². The number of hydrogen-bond acceptors (Lipinski definition) is 5. The number of anilines is 2. The van der Waals surface area contributed by atoms with Crippen molar-refractivity contribution >= 4 is 35.0 Å². The fourth-order valence-electron chi connectivity index (χ4n) is 4.06. The van der Waals surface area contributed by atoms with Crippen LogP contribution < -0.4 is 20.1 Å². The second kappa shape index (κ2) is 13.4. The third-order valence-corrected chi connectivity index (χ3v) is 7.41. The quantitative estimate of drug-likeness (QED) is 0.168. The number of carbonyl (C=O) groups excluding carboxylic acids is 2. The molecular weight excluding hydrogens is 532 g/mol. The Bertz CT molecular complexity index is 1590. The van der Waals surface area contributed by atoms with E-state index >= 15 is 0 Å². The van der Waals surface area contributed by atoms with Gasteiger partial charge in [0.15, 0.2) is 0 Å². The van der Waals surface area contributed by atoms with Crippen molar-refractivity contribution in [3.8, 4) is 17.2 Å². The molecule has 5 aromatic rings. The fourth-order valence-corrected chi connectivity index (χ4v) is 5.08. The van der Waals surface area contributed by atoms with Crippen LogP contribution in [-0.2, 0) is 4.79 Å². The second-order valence-corrected chi connectivity index (χ2v) is 10.2. The maximum Gasteiger partial charge on any atom is 0.255 e. The van der Waals surface area contributed by atoms with Gasteiger partial charge in [0.1, 0.15) is 22.5 Å². The van der Waals surface area contributed by atoms with Gasteiger partial charge in [0.05, 0.1) is 7.11 Å². The lowest BCUT2D eigenvalue weighted by Gasteiger charge is -2.18. The van der Waals surface area contributed by atoms with Gasteiger partial charge in [-0.25, -0.2) is 0 Å². The third kappa shape index (κ3) is 7.56. The Morgan fingerprint density at radius 2 is 1.22 bits per heavy atom. The number of carbonyl (C=O) groups is 2. The van der Waals surface area contributed by atoms with E-state index in [1.807, 2.05) is 109 Å². The molecule has 1 unspecified atom stereocenters. The molecule has 0 saturated carbocycles. The van der Waals surface area contributed by atoms with Gasteiger partial charge in [0.25, 0.3) is 5.91 Å². The number of ether oxygens (including phenoxy) is 2. The summed E-state index contributed by atoms with van der Waals surface area (Å²) >= 11 is 1.44.